The highest BCUT2D eigenvalue weighted by Crippen LogP contribution is 2.19. The molecule has 1 atom stereocenters. The number of nitrogens with one attached hydrogen (secondary N) is 1. The minimum atomic E-state index is -0.568. The van der Waals surface area contributed by atoms with Gasteiger partial charge in [0.15, 0.2) is 0 Å². The number of hydrogen-bond donors (Lipinski definition) is 2. The van der Waals surface area contributed by atoms with Gasteiger partial charge in [-0.2, -0.15) is 0 Å². The van der Waals surface area contributed by atoms with Crippen LogP contribution in [0.5, 0.6) is 0 Å². The molecule has 5 heteroatoms. The highest BCUT2D eigenvalue weighted by molar-refractivity contribution is 9.10. The minimum absolute atomic E-state index is 0.291. The molecule has 1 aromatic rings. The lowest BCUT2D eigenvalue weighted by atomic mass is 10.0. The summed E-state index contributed by atoms with van der Waals surface area (Å²) in [5, 5.41) is 2.59. The molecule has 0 unspecified atom stereocenters. The topological polar surface area (TPSA) is 55.1 Å². The van der Waals surface area contributed by atoms with E-state index in [1.807, 2.05) is 13.8 Å². The van der Waals surface area contributed by atoms with Gasteiger partial charge in [0.25, 0.3) is 0 Å². The van der Waals surface area contributed by atoms with E-state index >= 15 is 0 Å². The van der Waals surface area contributed by atoms with Gasteiger partial charge >= 0.3 is 0 Å². The maximum Gasteiger partial charge on any atom is 0.241 e. The predicted molar refractivity (Wildman–Crippen MR) is 70.2 cm³/mol. The van der Waals surface area contributed by atoms with Gasteiger partial charge in [0.1, 0.15) is 5.82 Å². The van der Waals surface area contributed by atoms with Crippen molar-refractivity contribution in [3.63, 3.8) is 0 Å². The second-order valence-electron chi connectivity index (χ2n) is 4.35. The van der Waals surface area contributed by atoms with E-state index in [9.17, 15) is 9.18 Å². The Morgan fingerprint density at radius 2 is 2.18 bits per heavy atom. The Kier molecular flexibility index (Phi) is 5.08. The van der Waals surface area contributed by atoms with Gasteiger partial charge in [-0.1, -0.05) is 13.8 Å². The van der Waals surface area contributed by atoms with Crippen molar-refractivity contribution in [1.82, 2.24) is 0 Å². The summed E-state index contributed by atoms with van der Waals surface area (Å²) < 4.78 is 13.6. The van der Waals surface area contributed by atoms with E-state index in [-0.39, 0.29) is 5.91 Å². The Bertz CT molecular complexity index is 409. The molecule has 0 aliphatic heterocycles. The maximum absolute atomic E-state index is 13.2. The molecule has 0 bridgehead atoms. The molecule has 0 saturated heterocycles. The lowest BCUT2D eigenvalue weighted by molar-refractivity contribution is -0.117. The van der Waals surface area contributed by atoms with Crippen molar-refractivity contribution < 1.29 is 9.18 Å². The van der Waals surface area contributed by atoms with Crippen LogP contribution in [0.1, 0.15) is 20.3 Å². The molecule has 1 amide bonds. The average Bonchev–Trinajstić information content (AvgIpc) is 2.22. The van der Waals surface area contributed by atoms with Crippen LogP contribution in [0.3, 0.4) is 0 Å². The number of anilines is 1. The molecule has 0 fully saturated rings. The fraction of sp³-hybridized carbons (Fsp3) is 0.417. The van der Waals surface area contributed by atoms with Crippen molar-refractivity contribution in [2.24, 2.45) is 11.7 Å². The molecule has 0 aromatic heterocycles. The lowest BCUT2D eigenvalue weighted by Crippen LogP contribution is -2.36. The Morgan fingerprint density at radius 3 is 2.71 bits per heavy atom. The first kappa shape index (κ1) is 14.1. The summed E-state index contributed by atoms with van der Waals surface area (Å²) in [4.78, 5) is 11.7. The quantitative estimate of drug-likeness (QED) is 0.898. The molecule has 3 nitrogen and oxygen atoms in total. The monoisotopic (exact) mass is 302 g/mol. The van der Waals surface area contributed by atoms with Gasteiger partial charge in [0, 0.05) is 5.69 Å². The van der Waals surface area contributed by atoms with Crippen LogP contribution in [-0.2, 0) is 4.79 Å². The van der Waals surface area contributed by atoms with Gasteiger partial charge in [-0.25, -0.2) is 4.39 Å². The summed E-state index contributed by atoms with van der Waals surface area (Å²) in [6.07, 6.45) is 0.602. The molecule has 1 rings (SSSR count). The third kappa shape index (κ3) is 4.44. The molecule has 0 saturated carbocycles. The molecular formula is C12H16BrFN2O. The molecule has 3 N–H and O–H groups in total. The third-order valence-corrected chi connectivity index (χ3v) is 2.89. The summed E-state index contributed by atoms with van der Waals surface area (Å²) >= 11 is 3.04. The third-order valence-electron chi connectivity index (χ3n) is 2.25. The number of rotatable bonds is 4. The van der Waals surface area contributed by atoms with E-state index in [1.54, 1.807) is 12.1 Å². The van der Waals surface area contributed by atoms with Gasteiger partial charge in [-0.3, -0.25) is 4.79 Å². The first-order valence-electron chi connectivity index (χ1n) is 5.41. The van der Waals surface area contributed by atoms with Gasteiger partial charge in [0.2, 0.25) is 5.91 Å². The molecule has 0 spiro atoms. The first-order chi connectivity index (χ1) is 7.90. The van der Waals surface area contributed by atoms with Crippen molar-refractivity contribution >= 4 is 27.5 Å². The van der Waals surface area contributed by atoms with Gasteiger partial charge in [0.05, 0.1) is 10.5 Å². The van der Waals surface area contributed by atoms with Crippen molar-refractivity contribution in [2.75, 3.05) is 5.32 Å². The molecule has 0 radical (unpaired) electrons. The van der Waals surface area contributed by atoms with Crippen molar-refractivity contribution in [3.8, 4) is 0 Å². The molecule has 0 aliphatic rings. The van der Waals surface area contributed by atoms with Gasteiger partial charge in [-0.05, 0) is 46.5 Å². The summed E-state index contributed by atoms with van der Waals surface area (Å²) in [6, 6.07) is 3.84. The van der Waals surface area contributed by atoms with E-state index in [2.05, 4.69) is 21.2 Å². The first-order valence-corrected chi connectivity index (χ1v) is 6.21. The minimum Gasteiger partial charge on any atom is -0.325 e. The van der Waals surface area contributed by atoms with Crippen LogP contribution in [-0.4, -0.2) is 11.9 Å². The van der Waals surface area contributed by atoms with Crippen molar-refractivity contribution in [3.05, 3.63) is 28.5 Å². The van der Waals surface area contributed by atoms with E-state index in [1.165, 1.54) is 6.07 Å². The standard InChI is InChI=1S/C12H16BrFN2O/c1-7(2)5-11(15)12(17)16-8-3-4-9(13)10(14)6-8/h3-4,6-7,11H,5,15H2,1-2H3,(H,16,17)/t11-/m0/s1. The van der Waals surface area contributed by atoms with E-state index in [0.717, 1.165) is 0 Å². The van der Waals surface area contributed by atoms with Crippen LogP contribution in [0, 0.1) is 11.7 Å². The average molecular weight is 303 g/mol. The zero-order valence-electron chi connectivity index (χ0n) is 9.84. The van der Waals surface area contributed by atoms with Crippen LogP contribution in [0.2, 0.25) is 0 Å². The zero-order valence-corrected chi connectivity index (χ0v) is 11.4. The van der Waals surface area contributed by atoms with E-state index in [4.69, 9.17) is 5.73 Å². The largest absolute Gasteiger partial charge is 0.325 e. The number of amides is 1. The highest BCUT2D eigenvalue weighted by atomic mass is 79.9. The van der Waals surface area contributed by atoms with Gasteiger partial charge in [-0.15, -0.1) is 0 Å². The number of halogens is 2. The van der Waals surface area contributed by atoms with Crippen LogP contribution in [0.25, 0.3) is 0 Å². The van der Waals surface area contributed by atoms with E-state index in [0.29, 0.717) is 22.5 Å². The summed E-state index contributed by atoms with van der Waals surface area (Å²) in [7, 11) is 0. The van der Waals surface area contributed by atoms with Crippen LogP contribution in [0.15, 0.2) is 22.7 Å². The summed E-state index contributed by atoms with van der Waals surface area (Å²) in [6.45, 7) is 3.98. The van der Waals surface area contributed by atoms with Crippen LogP contribution in [0.4, 0.5) is 10.1 Å². The van der Waals surface area contributed by atoms with Crippen LogP contribution >= 0.6 is 15.9 Å². The van der Waals surface area contributed by atoms with Gasteiger partial charge < -0.3 is 11.1 Å². The number of hydrogen-bond acceptors (Lipinski definition) is 2. The van der Waals surface area contributed by atoms with E-state index < -0.39 is 11.9 Å². The summed E-state index contributed by atoms with van der Waals surface area (Å²) in [5.41, 5.74) is 6.13. The Morgan fingerprint density at radius 1 is 1.53 bits per heavy atom. The molecule has 17 heavy (non-hydrogen) atoms. The Labute approximate surface area is 109 Å². The predicted octanol–water partition coefficient (Wildman–Crippen LogP) is 2.90. The molecule has 1 aromatic carbocycles. The molecule has 0 heterocycles. The smallest absolute Gasteiger partial charge is 0.241 e. The lowest BCUT2D eigenvalue weighted by Gasteiger charge is -2.14. The number of nitrogens with two attached hydrogens (primary N) is 1. The number of benzene rings is 1. The highest BCUT2D eigenvalue weighted by Gasteiger charge is 2.15. The SMILES string of the molecule is CC(C)C[C@H](N)C(=O)Nc1ccc(Br)c(F)c1. The van der Waals surface area contributed by atoms with Crippen molar-refractivity contribution in [2.45, 2.75) is 26.3 Å². The second kappa shape index (κ2) is 6.12. The normalized spacial score (nSPS) is 12.6. The van der Waals surface area contributed by atoms with Crippen LogP contribution < -0.4 is 11.1 Å². The molecule has 0 aliphatic carbocycles. The fourth-order valence-corrected chi connectivity index (χ4v) is 1.67. The van der Waals surface area contributed by atoms with Crippen molar-refractivity contribution in [1.29, 1.82) is 0 Å². The number of carbonyl (C=O) groups excluding carboxylic acids is 1. The molecular weight excluding hydrogens is 287 g/mol. The zero-order chi connectivity index (χ0) is 13.0. The number of carbonyl (C=O) groups is 1. The summed E-state index contributed by atoms with van der Waals surface area (Å²) in [5.74, 6) is -0.363. The second-order valence-corrected chi connectivity index (χ2v) is 5.21. The fourth-order valence-electron chi connectivity index (χ4n) is 1.42. The molecule has 94 valence electrons. The Balaban J connectivity index is 2.64. The Hall–Kier alpha value is -0.940. The maximum atomic E-state index is 13.2.